The molecule has 0 radical (unpaired) electrons. The monoisotopic (exact) mass is 314 g/mol. The third kappa shape index (κ3) is 6.64. The second-order valence-corrected chi connectivity index (χ2v) is 6.95. The first-order valence-corrected chi connectivity index (χ1v) is 8.03. The molecule has 0 spiro atoms. The highest BCUT2D eigenvalue weighted by molar-refractivity contribution is 5.75. The van der Waals surface area contributed by atoms with Crippen LogP contribution in [0.5, 0.6) is 0 Å². The fraction of sp³-hybridized carbons (Fsp3) is 0.875. The third-order valence-corrected chi connectivity index (χ3v) is 3.84. The van der Waals surface area contributed by atoms with Gasteiger partial charge in [0.25, 0.3) is 0 Å². The standard InChI is InChI=1S/C16H30N2O4/c1-11(14(19)21-5)18-13-9-7-6-8-12(13)10-17-15(20)22-16(2,3)4/h11-13,18H,6-10H2,1-5H3,(H,17,20). The lowest BCUT2D eigenvalue weighted by atomic mass is 9.84. The van der Waals surface area contributed by atoms with Crippen molar-refractivity contribution in [3.8, 4) is 0 Å². The van der Waals surface area contributed by atoms with E-state index in [0.29, 0.717) is 12.5 Å². The summed E-state index contributed by atoms with van der Waals surface area (Å²) in [5.41, 5.74) is -0.492. The number of esters is 1. The summed E-state index contributed by atoms with van der Waals surface area (Å²) in [6, 6.07) is -0.130. The Hall–Kier alpha value is -1.30. The van der Waals surface area contributed by atoms with Crippen molar-refractivity contribution in [1.29, 1.82) is 0 Å². The van der Waals surface area contributed by atoms with Crippen molar-refractivity contribution in [3.63, 3.8) is 0 Å². The summed E-state index contributed by atoms with van der Waals surface area (Å²) in [5, 5.41) is 6.16. The molecule has 0 aromatic carbocycles. The molecule has 3 atom stereocenters. The van der Waals surface area contributed by atoms with Crippen molar-refractivity contribution in [3.05, 3.63) is 0 Å². The fourth-order valence-corrected chi connectivity index (χ4v) is 2.77. The Morgan fingerprint density at radius 1 is 1.23 bits per heavy atom. The molecule has 0 aliphatic heterocycles. The largest absolute Gasteiger partial charge is 0.468 e. The van der Waals surface area contributed by atoms with E-state index in [1.807, 2.05) is 20.8 Å². The molecule has 2 N–H and O–H groups in total. The molecule has 0 aromatic heterocycles. The maximum atomic E-state index is 11.8. The molecule has 1 aliphatic carbocycles. The molecule has 1 amide bonds. The smallest absolute Gasteiger partial charge is 0.407 e. The molecule has 1 rings (SSSR count). The van der Waals surface area contributed by atoms with Crippen molar-refractivity contribution in [2.24, 2.45) is 5.92 Å². The number of rotatable bonds is 5. The van der Waals surface area contributed by atoms with Crippen LogP contribution < -0.4 is 10.6 Å². The van der Waals surface area contributed by atoms with Crippen LogP contribution in [0.4, 0.5) is 4.79 Å². The lowest BCUT2D eigenvalue weighted by Crippen LogP contribution is -2.50. The third-order valence-electron chi connectivity index (χ3n) is 3.84. The van der Waals surface area contributed by atoms with Crippen LogP contribution in [0.1, 0.15) is 53.4 Å². The number of hydrogen-bond acceptors (Lipinski definition) is 5. The van der Waals surface area contributed by atoms with Gasteiger partial charge in [-0.2, -0.15) is 0 Å². The number of hydrogen-bond donors (Lipinski definition) is 2. The molecule has 0 bridgehead atoms. The predicted molar refractivity (Wildman–Crippen MR) is 84.6 cm³/mol. The van der Waals surface area contributed by atoms with E-state index in [-0.39, 0.29) is 18.1 Å². The van der Waals surface area contributed by atoms with E-state index in [1.165, 1.54) is 7.11 Å². The number of nitrogens with one attached hydrogen (secondary N) is 2. The van der Waals surface area contributed by atoms with Gasteiger partial charge >= 0.3 is 12.1 Å². The summed E-state index contributed by atoms with van der Waals surface area (Å²) < 4.78 is 10.0. The Labute approximate surface area is 133 Å². The van der Waals surface area contributed by atoms with E-state index in [1.54, 1.807) is 6.92 Å². The van der Waals surface area contributed by atoms with Gasteiger partial charge in [0, 0.05) is 12.6 Å². The van der Waals surface area contributed by atoms with Gasteiger partial charge in [0.2, 0.25) is 0 Å². The van der Waals surface area contributed by atoms with Crippen molar-refractivity contribution in [2.45, 2.75) is 71.1 Å². The molecular formula is C16H30N2O4. The normalized spacial score (nSPS) is 23.5. The molecule has 1 fully saturated rings. The van der Waals surface area contributed by atoms with Gasteiger partial charge in [0.15, 0.2) is 0 Å². The Morgan fingerprint density at radius 2 is 1.86 bits per heavy atom. The summed E-state index contributed by atoms with van der Waals surface area (Å²) in [6.07, 6.45) is 3.92. The number of ether oxygens (including phenoxy) is 2. The molecule has 1 aliphatic rings. The highest BCUT2D eigenvalue weighted by atomic mass is 16.6. The Balaban J connectivity index is 2.48. The van der Waals surface area contributed by atoms with Gasteiger partial charge in [-0.25, -0.2) is 4.79 Å². The predicted octanol–water partition coefficient (Wildman–Crippen LogP) is 2.22. The first kappa shape index (κ1) is 18.7. The van der Waals surface area contributed by atoms with E-state index in [4.69, 9.17) is 9.47 Å². The van der Waals surface area contributed by atoms with Gasteiger partial charge in [-0.3, -0.25) is 4.79 Å². The van der Waals surface area contributed by atoms with Crippen LogP contribution in [0.3, 0.4) is 0 Å². The summed E-state index contributed by atoms with van der Waals surface area (Å²) in [5.74, 6) is 0.0396. The second kappa shape index (κ2) is 8.36. The quantitative estimate of drug-likeness (QED) is 0.761. The zero-order valence-electron chi connectivity index (χ0n) is 14.4. The lowest BCUT2D eigenvalue weighted by Gasteiger charge is -2.34. The minimum atomic E-state index is -0.492. The minimum Gasteiger partial charge on any atom is -0.468 e. The number of amides is 1. The molecule has 6 heteroatoms. The molecule has 22 heavy (non-hydrogen) atoms. The van der Waals surface area contributed by atoms with Crippen molar-refractivity contribution >= 4 is 12.1 Å². The Bertz CT molecular complexity index is 379. The van der Waals surface area contributed by atoms with Crippen LogP contribution in [-0.2, 0) is 14.3 Å². The van der Waals surface area contributed by atoms with E-state index < -0.39 is 11.7 Å². The first-order chi connectivity index (χ1) is 10.2. The Morgan fingerprint density at radius 3 is 2.45 bits per heavy atom. The second-order valence-electron chi connectivity index (χ2n) is 6.95. The van der Waals surface area contributed by atoms with Crippen LogP contribution in [0.15, 0.2) is 0 Å². The van der Waals surface area contributed by atoms with E-state index in [9.17, 15) is 9.59 Å². The topological polar surface area (TPSA) is 76.7 Å². The van der Waals surface area contributed by atoms with E-state index in [0.717, 1.165) is 25.7 Å². The van der Waals surface area contributed by atoms with Crippen molar-refractivity contribution in [2.75, 3.05) is 13.7 Å². The van der Waals surface area contributed by atoms with Gasteiger partial charge < -0.3 is 20.1 Å². The SMILES string of the molecule is COC(=O)C(C)NC1CCCCC1CNC(=O)OC(C)(C)C. The highest BCUT2D eigenvalue weighted by Crippen LogP contribution is 2.24. The van der Waals surface area contributed by atoms with E-state index in [2.05, 4.69) is 10.6 Å². The number of carbonyl (C=O) groups is 2. The maximum absolute atomic E-state index is 11.8. The summed E-state index contributed by atoms with van der Waals surface area (Å²) in [4.78, 5) is 23.3. The molecular weight excluding hydrogens is 284 g/mol. The number of carbonyl (C=O) groups excluding carboxylic acids is 2. The molecule has 0 aromatic rings. The molecule has 6 nitrogen and oxygen atoms in total. The first-order valence-electron chi connectivity index (χ1n) is 8.03. The van der Waals surface area contributed by atoms with Crippen LogP contribution in [0, 0.1) is 5.92 Å². The average molecular weight is 314 g/mol. The maximum Gasteiger partial charge on any atom is 0.407 e. The molecule has 0 saturated heterocycles. The van der Waals surface area contributed by atoms with Crippen LogP contribution in [0.2, 0.25) is 0 Å². The van der Waals surface area contributed by atoms with Crippen LogP contribution in [-0.4, -0.2) is 43.4 Å². The summed E-state index contributed by atoms with van der Waals surface area (Å²) in [6.45, 7) is 7.89. The highest BCUT2D eigenvalue weighted by Gasteiger charge is 2.29. The zero-order valence-corrected chi connectivity index (χ0v) is 14.4. The summed E-state index contributed by atoms with van der Waals surface area (Å²) >= 11 is 0. The molecule has 3 unspecified atom stereocenters. The van der Waals surface area contributed by atoms with Crippen LogP contribution >= 0.6 is 0 Å². The Kier molecular flexibility index (Phi) is 7.13. The van der Waals surface area contributed by atoms with Crippen molar-refractivity contribution < 1.29 is 19.1 Å². The molecule has 1 saturated carbocycles. The van der Waals surface area contributed by atoms with Gasteiger partial charge in [0.05, 0.1) is 7.11 Å². The van der Waals surface area contributed by atoms with Gasteiger partial charge in [-0.15, -0.1) is 0 Å². The lowest BCUT2D eigenvalue weighted by molar-refractivity contribution is -0.143. The number of alkyl carbamates (subject to hydrolysis) is 1. The van der Waals surface area contributed by atoms with Gasteiger partial charge in [0.1, 0.15) is 11.6 Å². The van der Waals surface area contributed by atoms with E-state index >= 15 is 0 Å². The summed E-state index contributed by atoms with van der Waals surface area (Å²) in [7, 11) is 1.39. The average Bonchev–Trinajstić information content (AvgIpc) is 2.43. The fourth-order valence-electron chi connectivity index (χ4n) is 2.77. The molecule has 128 valence electrons. The van der Waals surface area contributed by atoms with Gasteiger partial charge in [-0.1, -0.05) is 12.8 Å². The number of methoxy groups -OCH3 is 1. The zero-order chi connectivity index (χ0) is 16.8. The molecule has 0 heterocycles. The minimum absolute atomic E-state index is 0.206. The van der Waals surface area contributed by atoms with Gasteiger partial charge in [-0.05, 0) is 46.5 Å². The van der Waals surface area contributed by atoms with Crippen LogP contribution in [0.25, 0.3) is 0 Å². The van der Waals surface area contributed by atoms with Crippen molar-refractivity contribution in [1.82, 2.24) is 10.6 Å².